The van der Waals surface area contributed by atoms with E-state index in [2.05, 4.69) is 19.3 Å². The van der Waals surface area contributed by atoms with Crippen molar-refractivity contribution in [1.82, 2.24) is 5.43 Å². The predicted octanol–water partition coefficient (Wildman–Crippen LogP) is 1.67. The van der Waals surface area contributed by atoms with Gasteiger partial charge in [-0.25, -0.2) is 0 Å². The first-order valence-electron chi connectivity index (χ1n) is 4.24. The van der Waals surface area contributed by atoms with Crippen molar-refractivity contribution >= 4 is 0 Å². The van der Waals surface area contributed by atoms with Gasteiger partial charge in [-0.3, -0.25) is 11.3 Å². The van der Waals surface area contributed by atoms with Crippen LogP contribution < -0.4 is 11.3 Å². The van der Waals surface area contributed by atoms with Crippen LogP contribution in [0.25, 0.3) is 0 Å². The fourth-order valence-electron chi connectivity index (χ4n) is 0.446. The van der Waals surface area contributed by atoms with E-state index in [-0.39, 0.29) is 0 Å². The Morgan fingerprint density at radius 2 is 2.00 bits per heavy atom. The molecular formula is C8H20N2. The molecule has 0 bridgehead atoms. The van der Waals surface area contributed by atoms with Gasteiger partial charge in [0.2, 0.25) is 0 Å². The normalized spacial score (nSPS) is 15.9. The molecule has 1 fully saturated rings. The highest BCUT2D eigenvalue weighted by Gasteiger charge is 2.12. The van der Waals surface area contributed by atoms with Crippen LogP contribution in [-0.2, 0) is 0 Å². The molecule has 0 amide bonds. The first-order valence-corrected chi connectivity index (χ1v) is 4.24. The van der Waals surface area contributed by atoms with Crippen LogP contribution >= 0.6 is 0 Å². The molecule has 0 radical (unpaired) electrons. The average molecular weight is 144 g/mol. The summed E-state index contributed by atoms with van der Waals surface area (Å²) in [6, 6.07) is 0. The topological polar surface area (TPSA) is 38.0 Å². The van der Waals surface area contributed by atoms with Crippen molar-refractivity contribution in [3.63, 3.8) is 0 Å². The smallest absolute Gasteiger partial charge is 0.00973 e. The summed E-state index contributed by atoms with van der Waals surface area (Å²) < 4.78 is 0. The monoisotopic (exact) mass is 144 g/mol. The second-order valence-electron chi connectivity index (χ2n) is 2.99. The van der Waals surface area contributed by atoms with E-state index in [4.69, 9.17) is 5.84 Å². The van der Waals surface area contributed by atoms with Gasteiger partial charge in [0, 0.05) is 6.54 Å². The van der Waals surface area contributed by atoms with Crippen molar-refractivity contribution in [2.45, 2.75) is 39.5 Å². The number of rotatable bonds is 3. The lowest BCUT2D eigenvalue weighted by atomic mass is 10.3. The molecule has 0 unspecified atom stereocenters. The summed E-state index contributed by atoms with van der Waals surface area (Å²) >= 11 is 0. The third-order valence-electron chi connectivity index (χ3n) is 1.54. The van der Waals surface area contributed by atoms with E-state index in [9.17, 15) is 0 Å². The Balaban J connectivity index is 0.000000172. The van der Waals surface area contributed by atoms with Gasteiger partial charge in [-0.05, 0) is 12.3 Å². The van der Waals surface area contributed by atoms with E-state index in [0.717, 1.165) is 12.5 Å². The lowest BCUT2D eigenvalue weighted by molar-refractivity contribution is 0.669. The molecule has 0 saturated heterocycles. The first-order chi connectivity index (χ1) is 4.81. The Hall–Kier alpha value is -0.0800. The Morgan fingerprint density at radius 3 is 2.10 bits per heavy atom. The highest BCUT2D eigenvalue weighted by atomic mass is 15.2. The van der Waals surface area contributed by atoms with E-state index in [0.29, 0.717) is 0 Å². The van der Waals surface area contributed by atoms with Gasteiger partial charge in [0.15, 0.2) is 0 Å². The van der Waals surface area contributed by atoms with E-state index in [1.54, 1.807) is 0 Å². The minimum absolute atomic E-state index is 0.941. The second kappa shape index (κ2) is 7.03. The third-order valence-corrected chi connectivity index (χ3v) is 1.54. The van der Waals surface area contributed by atoms with Gasteiger partial charge >= 0.3 is 0 Å². The largest absolute Gasteiger partial charge is 0.271 e. The molecule has 0 aliphatic heterocycles. The summed E-state index contributed by atoms with van der Waals surface area (Å²) in [7, 11) is 0. The fraction of sp³-hybridized carbons (Fsp3) is 1.00. The van der Waals surface area contributed by atoms with Crippen LogP contribution in [0.1, 0.15) is 39.5 Å². The third kappa shape index (κ3) is 10.8. The molecular weight excluding hydrogens is 124 g/mol. The van der Waals surface area contributed by atoms with Gasteiger partial charge in [-0.15, -0.1) is 0 Å². The summed E-state index contributed by atoms with van der Waals surface area (Å²) in [6.45, 7) is 5.36. The van der Waals surface area contributed by atoms with Crippen LogP contribution in [0, 0.1) is 5.92 Å². The second-order valence-corrected chi connectivity index (χ2v) is 2.99. The molecule has 1 aliphatic carbocycles. The SMILES string of the molecule is CC1CC1.CCCCNN. The molecule has 0 spiro atoms. The minimum atomic E-state index is 0.941. The molecule has 0 aromatic rings. The zero-order chi connectivity index (χ0) is 7.82. The number of unbranched alkanes of at least 4 members (excludes halogenated alkanes) is 1. The standard InChI is InChI=1S/C4H12N2.C4H8/c1-2-3-4-6-5;1-4-2-3-4/h6H,2-5H2,1H3;4H,2-3H2,1H3. The number of hydrogen-bond donors (Lipinski definition) is 2. The van der Waals surface area contributed by atoms with Gasteiger partial charge < -0.3 is 0 Å². The minimum Gasteiger partial charge on any atom is -0.271 e. The molecule has 0 heterocycles. The summed E-state index contributed by atoms with van der Waals surface area (Å²) in [5, 5.41) is 0. The van der Waals surface area contributed by atoms with E-state index in [1.807, 2.05) is 0 Å². The van der Waals surface area contributed by atoms with E-state index < -0.39 is 0 Å². The van der Waals surface area contributed by atoms with Crippen molar-refractivity contribution < 1.29 is 0 Å². The molecule has 1 rings (SSSR count). The van der Waals surface area contributed by atoms with Gasteiger partial charge in [-0.1, -0.05) is 33.1 Å². The van der Waals surface area contributed by atoms with Crippen LogP contribution in [0.5, 0.6) is 0 Å². The van der Waals surface area contributed by atoms with Crippen LogP contribution in [0.2, 0.25) is 0 Å². The van der Waals surface area contributed by atoms with E-state index in [1.165, 1.54) is 25.7 Å². The molecule has 62 valence electrons. The van der Waals surface area contributed by atoms with Crippen molar-refractivity contribution in [1.29, 1.82) is 0 Å². The molecule has 10 heavy (non-hydrogen) atoms. The van der Waals surface area contributed by atoms with Gasteiger partial charge in [0.05, 0.1) is 0 Å². The summed E-state index contributed by atoms with van der Waals surface area (Å²) in [5.41, 5.74) is 2.57. The zero-order valence-corrected chi connectivity index (χ0v) is 7.19. The number of nitrogens with one attached hydrogen (secondary N) is 1. The molecule has 1 aliphatic rings. The van der Waals surface area contributed by atoms with Crippen LogP contribution in [-0.4, -0.2) is 6.54 Å². The highest BCUT2D eigenvalue weighted by molar-refractivity contribution is 4.65. The quantitative estimate of drug-likeness (QED) is 0.359. The maximum atomic E-state index is 4.96. The first kappa shape index (κ1) is 9.92. The molecule has 1 saturated carbocycles. The lowest BCUT2D eigenvalue weighted by Crippen LogP contribution is -2.22. The summed E-state index contributed by atoms with van der Waals surface area (Å²) in [6.07, 6.45) is 5.36. The van der Waals surface area contributed by atoms with Crippen LogP contribution in [0.4, 0.5) is 0 Å². The maximum Gasteiger partial charge on any atom is 0.00973 e. The van der Waals surface area contributed by atoms with Crippen molar-refractivity contribution in [2.75, 3.05) is 6.54 Å². The van der Waals surface area contributed by atoms with E-state index >= 15 is 0 Å². The molecule has 2 heteroatoms. The number of hydrazine groups is 1. The van der Waals surface area contributed by atoms with Crippen molar-refractivity contribution in [2.24, 2.45) is 11.8 Å². The van der Waals surface area contributed by atoms with Crippen molar-refractivity contribution in [3.8, 4) is 0 Å². The Morgan fingerprint density at radius 1 is 1.50 bits per heavy atom. The molecule has 3 N–H and O–H groups in total. The Labute approximate surface area is 64.2 Å². The molecule has 2 nitrogen and oxygen atoms in total. The maximum absolute atomic E-state index is 4.96. The predicted molar refractivity (Wildman–Crippen MR) is 45.5 cm³/mol. The fourth-order valence-corrected chi connectivity index (χ4v) is 0.446. The highest BCUT2D eigenvalue weighted by Crippen LogP contribution is 2.26. The van der Waals surface area contributed by atoms with Gasteiger partial charge in [0.1, 0.15) is 0 Å². The van der Waals surface area contributed by atoms with Crippen molar-refractivity contribution in [3.05, 3.63) is 0 Å². The molecule has 0 aromatic heterocycles. The summed E-state index contributed by atoms with van der Waals surface area (Å²) in [4.78, 5) is 0. The molecule has 0 aromatic carbocycles. The summed E-state index contributed by atoms with van der Waals surface area (Å²) in [5.74, 6) is 6.05. The van der Waals surface area contributed by atoms with Gasteiger partial charge in [-0.2, -0.15) is 0 Å². The Bertz CT molecular complexity index is 56.3. The van der Waals surface area contributed by atoms with Gasteiger partial charge in [0.25, 0.3) is 0 Å². The average Bonchev–Trinajstić information content (AvgIpc) is 2.69. The Kier molecular flexibility index (Phi) is 6.98. The number of hydrogen-bond acceptors (Lipinski definition) is 2. The van der Waals surface area contributed by atoms with Crippen LogP contribution in [0.3, 0.4) is 0 Å². The number of nitrogens with two attached hydrogens (primary N) is 1. The zero-order valence-electron chi connectivity index (χ0n) is 7.19. The molecule has 0 atom stereocenters. The lowest BCUT2D eigenvalue weighted by Gasteiger charge is -1.89. The van der Waals surface area contributed by atoms with Crippen LogP contribution in [0.15, 0.2) is 0 Å².